The van der Waals surface area contributed by atoms with Crippen LogP contribution in [0.5, 0.6) is 5.75 Å². The first kappa shape index (κ1) is 13.6. The Bertz CT molecular complexity index is 530. The van der Waals surface area contributed by atoms with Crippen molar-refractivity contribution in [1.29, 1.82) is 0 Å². The molecule has 0 amide bonds. The molecular weight excluding hydrogens is 262 g/mol. The van der Waals surface area contributed by atoms with Gasteiger partial charge in [-0.2, -0.15) is 0 Å². The van der Waals surface area contributed by atoms with E-state index in [4.69, 9.17) is 16.3 Å². The summed E-state index contributed by atoms with van der Waals surface area (Å²) in [5.41, 5.74) is 1.88. The van der Waals surface area contributed by atoms with E-state index in [0.717, 1.165) is 22.8 Å². The first-order chi connectivity index (χ1) is 9.24. The lowest BCUT2D eigenvalue weighted by Crippen LogP contribution is -2.18. The molecule has 0 radical (unpaired) electrons. The van der Waals surface area contributed by atoms with Crippen LogP contribution in [-0.4, -0.2) is 24.1 Å². The quantitative estimate of drug-likeness (QED) is 0.788. The number of aromatic nitrogens is 2. The smallest absolute Gasteiger partial charge is 0.147 e. The number of rotatable bonds is 5. The Kier molecular flexibility index (Phi) is 4.58. The minimum absolute atomic E-state index is 0.378. The summed E-state index contributed by atoms with van der Waals surface area (Å²) in [5, 5.41) is 0. The van der Waals surface area contributed by atoms with Crippen LogP contribution < -0.4 is 9.64 Å². The van der Waals surface area contributed by atoms with Crippen molar-refractivity contribution in [3.63, 3.8) is 0 Å². The molecule has 0 N–H and O–H groups in total. The number of methoxy groups -OCH3 is 1. The van der Waals surface area contributed by atoms with E-state index < -0.39 is 0 Å². The Morgan fingerprint density at radius 3 is 2.63 bits per heavy atom. The Morgan fingerprint density at radius 2 is 2.00 bits per heavy atom. The molecule has 1 heterocycles. The summed E-state index contributed by atoms with van der Waals surface area (Å²) in [6, 6.07) is 7.94. The van der Waals surface area contributed by atoms with Crippen molar-refractivity contribution in [2.45, 2.75) is 12.4 Å². The van der Waals surface area contributed by atoms with Gasteiger partial charge in [-0.1, -0.05) is 18.2 Å². The van der Waals surface area contributed by atoms with Gasteiger partial charge in [0.1, 0.15) is 11.6 Å². The van der Waals surface area contributed by atoms with Gasteiger partial charge in [0.15, 0.2) is 0 Å². The topological polar surface area (TPSA) is 38.2 Å². The van der Waals surface area contributed by atoms with Crippen LogP contribution in [0.3, 0.4) is 0 Å². The van der Waals surface area contributed by atoms with Crippen LogP contribution in [0.4, 0.5) is 5.82 Å². The number of nitrogens with zero attached hydrogens (tertiary/aromatic N) is 3. The van der Waals surface area contributed by atoms with Crippen molar-refractivity contribution in [1.82, 2.24) is 9.97 Å². The first-order valence-corrected chi connectivity index (χ1v) is 6.48. The highest BCUT2D eigenvalue weighted by Crippen LogP contribution is 2.20. The Hall–Kier alpha value is -1.81. The maximum Gasteiger partial charge on any atom is 0.147 e. The third-order valence-corrected chi connectivity index (χ3v) is 3.09. The lowest BCUT2D eigenvalue weighted by atomic mass is 10.2. The molecule has 2 rings (SSSR count). The maximum absolute atomic E-state index is 5.70. The third-order valence-electron chi connectivity index (χ3n) is 2.82. The number of alkyl halides is 1. The van der Waals surface area contributed by atoms with E-state index in [9.17, 15) is 0 Å². The number of hydrogen-bond acceptors (Lipinski definition) is 4. The van der Waals surface area contributed by atoms with Crippen molar-refractivity contribution in [2.24, 2.45) is 0 Å². The van der Waals surface area contributed by atoms with E-state index in [1.54, 1.807) is 19.5 Å². The second kappa shape index (κ2) is 6.38. The summed E-state index contributed by atoms with van der Waals surface area (Å²) < 4.78 is 5.34. The molecule has 0 aliphatic heterocycles. The Morgan fingerprint density at radius 1 is 1.21 bits per heavy atom. The lowest BCUT2D eigenvalue weighted by molar-refractivity contribution is 0.409. The molecule has 0 saturated carbocycles. The molecule has 2 aromatic rings. The van der Waals surface area contributed by atoms with Crippen molar-refractivity contribution >= 4 is 17.4 Å². The van der Waals surface area contributed by atoms with Crippen molar-refractivity contribution in [3.05, 3.63) is 47.9 Å². The summed E-state index contributed by atoms with van der Waals surface area (Å²) in [6.45, 7) is 0.707. The largest absolute Gasteiger partial charge is 0.496 e. The molecule has 1 aromatic heterocycles. The fraction of sp³-hybridized carbons (Fsp3) is 0.286. The molecule has 0 spiro atoms. The van der Waals surface area contributed by atoms with Crippen LogP contribution in [0.1, 0.15) is 11.3 Å². The summed E-state index contributed by atoms with van der Waals surface area (Å²) in [5.74, 6) is 2.06. The normalized spacial score (nSPS) is 10.3. The van der Waals surface area contributed by atoms with E-state index in [1.807, 2.05) is 36.2 Å². The third kappa shape index (κ3) is 3.35. The molecule has 0 atom stereocenters. The highest BCUT2D eigenvalue weighted by molar-refractivity contribution is 6.16. The van der Waals surface area contributed by atoms with Gasteiger partial charge in [-0.15, -0.1) is 11.6 Å². The van der Waals surface area contributed by atoms with Gasteiger partial charge in [0.25, 0.3) is 0 Å². The Balaban J connectivity index is 2.13. The predicted octanol–water partition coefficient (Wildman–Crippen LogP) is 2.86. The van der Waals surface area contributed by atoms with E-state index in [1.165, 1.54) is 0 Å². The van der Waals surface area contributed by atoms with E-state index in [0.29, 0.717) is 12.4 Å². The standard InChI is InChI=1S/C14H16ClN3O/c1-18(14-9-16-12(7-15)8-17-14)10-11-5-3-4-6-13(11)19-2/h3-6,8-9H,7,10H2,1-2H3. The number of anilines is 1. The Labute approximate surface area is 118 Å². The minimum Gasteiger partial charge on any atom is -0.496 e. The zero-order valence-electron chi connectivity index (χ0n) is 11.0. The molecule has 0 aliphatic carbocycles. The fourth-order valence-corrected chi connectivity index (χ4v) is 1.92. The van der Waals surface area contributed by atoms with Gasteiger partial charge in [0, 0.05) is 19.2 Å². The number of halogens is 1. The van der Waals surface area contributed by atoms with Gasteiger partial charge in [0.05, 0.1) is 31.1 Å². The number of ether oxygens (including phenoxy) is 1. The van der Waals surface area contributed by atoms with E-state index >= 15 is 0 Å². The molecular formula is C14H16ClN3O. The number of para-hydroxylation sites is 1. The molecule has 5 heteroatoms. The monoisotopic (exact) mass is 277 g/mol. The zero-order chi connectivity index (χ0) is 13.7. The summed E-state index contributed by atoms with van der Waals surface area (Å²) in [7, 11) is 3.64. The van der Waals surface area contributed by atoms with Crippen molar-refractivity contribution in [3.8, 4) is 5.75 Å². The fourth-order valence-electron chi connectivity index (χ4n) is 1.78. The van der Waals surface area contributed by atoms with Crippen molar-refractivity contribution < 1.29 is 4.74 Å². The number of benzene rings is 1. The first-order valence-electron chi connectivity index (χ1n) is 5.94. The van der Waals surface area contributed by atoms with Gasteiger partial charge in [-0.25, -0.2) is 4.98 Å². The summed E-state index contributed by atoms with van der Waals surface area (Å²) >= 11 is 5.70. The molecule has 0 saturated heterocycles. The predicted molar refractivity (Wildman–Crippen MR) is 76.7 cm³/mol. The van der Waals surface area contributed by atoms with Gasteiger partial charge < -0.3 is 9.64 Å². The van der Waals surface area contributed by atoms with Crippen LogP contribution >= 0.6 is 11.6 Å². The molecule has 19 heavy (non-hydrogen) atoms. The lowest BCUT2D eigenvalue weighted by Gasteiger charge is -2.19. The van der Waals surface area contributed by atoms with E-state index in [2.05, 4.69) is 9.97 Å². The van der Waals surface area contributed by atoms with Crippen LogP contribution in [0, 0.1) is 0 Å². The molecule has 0 fully saturated rings. The van der Waals surface area contributed by atoms with Gasteiger partial charge in [-0.3, -0.25) is 4.98 Å². The molecule has 4 nitrogen and oxygen atoms in total. The SMILES string of the molecule is COc1ccccc1CN(C)c1cnc(CCl)cn1. The van der Waals surface area contributed by atoms with Crippen LogP contribution in [0.15, 0.2) is 36.7 Å². The zero-order valence-corrected chi connectivity index (χ0v) is 11.8. The van der Waals surface area contributed by atoms with Crippen LogP contribution in [0.25, 0.3) is 0 Å². The maximum atomic E-state index is 5.70. The van der Waals surface area contributed by atoms with Crippen LogP contribution in [0.2, 0.25) is 0 Å². The molecule has 0 bridgehead atoms. The molecule has 0 unspecified atom stereocenters. The average Bonchev–Trinajstić information content (AvgIpc) is 2.48. The summed E-state index contributed by atoms with van der Waals surface area (Å²) in [4.78, 5) is 10.6. The second-order valence-corrected chi connectivity index (χ2v) is 4.43. The van der Waals surface area contributed by atoms with Gasteiger partial charge >= 0.3 is 0 Å². The van der Waals surface area contributed by atoms with Crippen molar-refractivity contribution in [2.75, 3.05) is 19.1 Å². The second-order valence-electron chi connectivity index (χ2n) is 4.17. The average molecular weight is 278 g/mol. The van der Waals surface area contributed by atoms with Gasteiger partial charge in [0.2, 0.25) is 0 Å². The number of hydrogen-bond donors (Lipinski definition) is 0. The van der Waals surface area contributed by atoms with Gasteiger partial charge in [-0.05, 0) is 6.07 Å². The van der Waals surface area contributed by atoms with E-state index in [-0.39, 0.29) is 0 Å². The highest BCUT2D eigenvalue weighted by atomic mass is 35.5. The molecule has 1 aromatic carbocycles. The molecule has 100 valence electrons. The van der Waals surface area contributed by atoms with Crippen LogP contribution in [-0.2, 0) is 12.4 Å². The highest BCUT2D eigenvalue weighted by Gasteiger charge is 2.08. The minimum atomic E-state index is 0.378. The molecule has 0 aliphatic rings. The summed E-state index contributed by atoms with van der Waals surface area (Å²) in [6.07, 6.45) is 3.42.